The van der Waals surface area contributed by atoms with Crippen LogP contribution in [-0.2, 0) is 24.7 Å². The van der Waals surface area contributed by atoms with E-state index in [9.17, 15) is 0 Å². The van der Waals surface area contributed by atoms with Crippen molar-refractivity contribution in [1.29, 1.82) is 0 Å². The number of rotatable bonds is 3. The van der Waals surface area contributed by atoms with Crippen LogP contribution >= 0.6 is 0 Å². The van der Waals surface area contributed by atoms with Crippen LogP contribution in [0.3, 0.4) is 0 Å². The van der Waals surface area contributed by atoms with Gasteiger partial charge in [0.2, 0.25) is 0 Å². The van der Waals surface area contributed by atoms with E-state index in [4.69, 9.17) is 0 Å². The van der Waals surface area contributed by atoms with Crippen LogP contribution < -0.4 is 35.3 Å². The van der Waals surface area contributed by atoms with Gasteiger partial charge in [-0.25, -0.2) is 0 Å². The van der Waals surface area contributed by atoms with E-state index in [1.807, 2.05) is 0 Å². The third-order valence-electron chi connectivity index (χ3n) is 7.84. The zero-order valence-electron chi connectivity index (χ0n) is 21.5. The second-order valence-electron chi connectivity index (χ2n) is 9.89. The van der Waals surface area contributed by atoms with Crippen LogP contribution in [0.5, 0.6) is 0 Å². The van der Waals surface area contributed by atoms with Gasteiger partial charge in [-0.15, -0.1) is 0 Å². The molecule has 0 heterocycles. The maximum atomic E-state index is 2.43. The molecule has 3 heteroatoms. The van der Waals surface area contributed by atoms with E-state index < -0.39 is 0 Å². The molecule has 0 radical (unpaired) electrons. The Morgan fingerprint density at radius 1 is 0.615 bits per heavy atom. The molecule has 0 saturated carbocycles. The molecule has 0 fully saturated rings. The second kappa shape index (κ2) is 11.3. The number of allylic oxidation sites excluding steroid dienone is 1. The third kappa shape index (κ3) is 4.52. The number of benzene rings is 5. The minimum absolute atomic E-state index is 0. The predicted octanol–water partition coefficient (Wildman–Crippen LogP) is 0.713. The first-order valence-electron chi connectivity index (χ1n) is 12.8. The summed E-state index contributed by atoms with van der Waals surface area (Å²) in [5, 5.41) is 5.45. The molecule has 5 aromatic carbocycles. The second-order valence-corrected chi connectivity index (χ2v) is 11.1. The molecule has 1 atom stereocenters. The molecular formula is C36H25Cl2Zr. The van der Waals surface area contributed by atoms with Gasteiger partial charge < -0.3 is 24.8 Å². The van der Waals surface area contributed by atoms with Crippen LogP contribution in [0.1, 0.15) is 44.9 Å². The van der Waals surface area contributed by atoms with E-state index in [0.717, 1.165) is 0 Å². The summed E-state index contributed by atoms with van der Waals surface area (Å²) in [5.74, 6) is 0.215. The molecular weight excluding hydrogens is 595 g/mol. The van der Waals surface area contributed by atoms with Crippen molar-refractivity contribution in [2.24, 2.45) is 0 Å². The van der Waals surface area contributed by atoms with Gasteiger partial charge in [-0.3, -0.25) is 0 Å². The molecule has 1 unspecified atom stereocenters. The first-order valence-corrected chi connectivity index (χ1v) is 14.1. The third-order valence-corrected chi connectivity index (χ3v) is 9.11. The summed E-state index contributed by atoms with van der Waals surface area (Å²) in [6.45, 7) is 2.23. The van der Waals surface area contributed by atoms with Gasteiger partial charge in [-0.2, -0.15) is 0 Å². The molecule has 0 spiro atoms. The van der Waals surface area contributed by atoms with Gasteiger partial charge in [0.15, 0.2) is 0 Å². The molecule has 0 aromatic heterocycles. The number of hydrogen-bond acceptors (Lipinski definition) is 0. The van der Waals surface area contributed by atoms with Gasteiger partial charge in [-0.05, 0) is 0 Å². The SMILES string of the molecule is Cc1cccc2c1C=CC2c1c2c(ccc1=C(c1ccccc1)c1ccccc1)=c1ccccc1=[C]2[Zr+2].[Cl-].[Cl-]. The van der Waals surface area contributed by atoms with Crippen LogP contribution in [0.25, 0.3) is 14.9 Å². The van der Waals surface area contributed by atoms with Crippen molar-refractivity contribution in [2.75, 3.05) is 0 Å². The van der Waals surface area contributed by atoms with Crippen LogP contribution in [0.15, 0.2) is 121 Å². The molecule has 187 valence electrons. The first-order chi connectivity index (χ1) is 18.2. The summed E-state index contributed by atoms with van der Waals surface area (Å²) in [6.07, 6.45) is 4.77. The predicted molar refractivity (Wildman–Crippen MR) is 149 cm³/mol. The van der Waals surface area contributed by atoms with Crippen molar-refractivity contribution in [3.63, 3.8) is 0 Å². The number of hydrogen-bond donors (Lipinski definition) is 0. The summed E-state index contributed by atoms with van der Waals surface area (Å²) >= 11 is 1.46. The van der Waals surface area contributed by atoms with E-state index in [1.54, 1.807) is 0 Å². The van der Waals surface area contributed by atoms with E-state index in [-0.39, 0.29) is 30.7 Å². The molecule has 2 aliphatic rings. The molecule has 0 saturated heterocycles. The average molecular weight is 620 g/mol. The Hall–Kier alpha value is -2.96. The standard InChI is InChI=1S/C36H25.2ClH.Zr/c1-24-11-10-18-30-28(24)19-21-32(30)36-33(22-20-31-29-17-9-8-16-27(29)23-34(31)36)35(25-12-4-2-5-13-25)26-14-6-3-7-15-26;;;/h2-22,32H,1H3;2*1H;/q;;;+2/p-2. The smallest absolute Gasteiger partial charge is 1.00 e. The number of aryl methyl sites for hydroxylation is 1. The minimum atomic E-state index is 0. The van der Waals surface area contributed by atoms with Crippen molar-refractivity contribution < 1.29 is 49.5 Å². The summed E-state index contributed by atoms with van der Waals surface area (Å²) in [4.78, 5) is 0. The van der Waals surface area contributed by atoms with E-state index in [2.05, 4.69) is 134 Å². The van der Waals surface area contributed by atoms with Crippen LogP contribution in [0.4, 0.5) is 0 Å². The number of halogens is 2. The van der Waals surface area contributed by atoms with Gasteiger partial charge in [0, 0.05) is 0 Å². The van der Waals surface area contributed by atoms with Gasteiger partial charge in [0.25, 0.3) is 0 Å². The first kappa shape index (κ1) is 27.6. The Kier molecular flexibility index (Phi) is 7.97. The summed E-state index contributed by atoms with van der Waals surface area (Å²) in [6, 6.07) is 42.3. The van der Waals surface area contributed by atoms with Crippen molar-refractivity contribution in [3.05, 3.63) is 181 Å². The zero-order chi connectivity index (χ0) is 24.9. The summed E-state index contributed by atoms with van der Waals surface area (Å²) in [5.41, 5.74) is 10.8. The Morgan fingerprint density at radius 2 is 1.23 bits per heavy atom. The van der Waals surface area contributed by atoms with E-state index in [1.165, 1.54) is 93.4 Å². The average Bonchev–Trinajstić information content (AvgIpc) is 3.51. The summed E-state index contributed by atoms with van der Waals surface area (Å²) in [7, 11) is 0. The van der Waals surface area contributed by atoms with E-state index in [0.29, 0.717) is 0 Å². The topological polar surface area (TPSA) is 0 Å². The molecule has 0 amide bonds. The fraction of sp³-hybridized carbons (Fsp3) is 0.0556. The van der Waals surface area contributed by atoms with Crippen molar-refractivity contribution in [1.82, 2.24) is 0 Å². The van der Waals surface area contributed by atoms with Crippen molar-refractivity contribution >= 4 is 14.9 Å². The van der Waals surface area contributed by atoms with Crippen LogP contribution in [0, 0.1) is 17.4 Å². The fourth-order valence-electron chi connectivity index (χ4n) is 6.16. The van der Waals surface area contributed by atoms with Gasteiger partial charge in [-0.1, -0.05) is 0 Å². The Morgan fingerprint density at radius 3 is 1.90 bits per heavy atom. The molecule has 0 N–H and O–H groups in total. The molecule has 0 nitrogen and oxygen atoms in total. The molecule has 2 aliphatic carbocycles. The number of fused-ring (bicyclic) bond motifs is 3. The van der Waals surface area contributed by atoms with Gasteiger partial charge in [0.05, 0.1) is 0 Å². The Labute approximate surface area is 256 Å². The monoisotopic (exact) mass is 617 g/mol. The quantitative estimate of drug-likeness (QED) is 0.280. The van der Waals surface area contributed by atoms with E-state index >= 15 is 0 Å². The van der Waals surface area contributed by atoms with Crippen LogP contribution in [-0.4, -0.2) is 0 Å². The van der Waals surface area contributed by atoms with Gasteiger partial charge in [0.1, 0.15) is 0 Å². The maximum Gasteiger partial charge on any atom is -1.00 e. The normalized spacial score (nSPS) is 14.1. The molecule has 0 bridgehead atoms. The molecule has 0 aliphatic heterocycles. The van der Waals surface area contributed by atoms with Crippen molar-refractivity contribution in [2.45, 2.75) is 12.8 Å². The maximum absolute atomic E-state index is 2.43. The molecule has 7 rings (SSSR count). The fourth-order valence-corrected chi connectivity index (χ4v) is 7.36. The van der Waals surface area contributed by atoms with Crippen LogP contribution in [0.2, 0.25) is 0 Å². The molecule has 5 aromatic rings. The largest absolute Gasteiger partial charge is 1.00 e. The summed E-state index contributed by atoms with van der Waals surface area (Å²) < 4.78 is 1.46. The Balaban J connectivity index is 0.00000154. The zero-order valence-corrected chi connectivity index (χ0v) is 25.4. The Bertz CT molecular complexity index is 1900. The van der Waals surface area contributed by atoms with Crippen molar-refractivity contribution in [3.8, 4) is 0 Å². The molecule has 39 heavy (non-hydrogen) atoms. The minimum Gasteiger partial charge on any atom is -1.00 e. The van der Waals surface area contributed by atoms with Gasteiger partial charge >= 0.3 is 234 Å².